The molecule has 3 aliphatic carbocycles. The van der Waals surface area contributed by atoms with Crippen molar-refractivity contribution in [3.63, 3.8) is 0 Å². The van der Waals surface area contributed by atoms with Crippen LogP contribution in [0, 0.1) is 33.3 Å². The van der Waals surface area contributed by atoms with Crippen LogP contribution in [0.4, 0.5) is 0 Å². The van der Waals surface area contributed by atoms with Crippen LogP contribution in [0.5, 0.6) is 5.75 Å². The van der Waals surface area contributed by atoms with Crippen LogP contribution in [-0.4, -0.2) is 27.5 Å². The lowest BCUT2D eigenvalue weighted by Gasteiger charge is -2.54. The van der Waals surface area contributed by atoms with Crippen molar-refractivity contribution < 1.29 is 20.1 Å². The molecule has 25 heavy (non-hydrogen) atoms. The van der Waals surface area contributed by atoms with Crippen molar-refractivity contribution in [3.05, 3.63) is 39.4 Å². The molecule has 2 N–H and O–H groups in total. The van der Waals surface area contributed by atoms with Crippen LogP contribution >= 0.6 is 0 Å². The third-order valence-electron chi connectivity index (χ3n) is 7.19. The van der Waals surface area contributed by atoms with Crippen LogP contribution in [0.25, 0.3) is 0 Å². The standard InChI is InChI=1S/C19H25NO5/c1-10-7-11-8-12(21)3-4-13(11)18-15(25-20(23)24)9-19(2)14(17(10)18)5-6-16(19)22/h3-4,8,10,14-18,21-22H,5-7,9H2,1-2H3/t10-,14?,15+,16+,17+,18?,19+/m1/s1. The third-order valence-corrected chi connectivity index (χ3v) is 7.19. The average Bonchev–Trinajstić information content (AvgIpc) is 2.81. The molecule has 0 heterocycles. The fourth-order valence-electron chi connectivity index (χ4n) is 6.17. The fraction of sp³-hybridized carbons (Fsp3) is 0.684. The number of phenols is 1. The zero-order chi connectivity index (χ0) is 17.9. The number of hydrogen-bond donors (Lipinski definition) is 2. The van der Waals surface area contributed by atoms with Gasteiger partial charge in [0.2, 0.25) is 0 Å². The van der Waals surface area contributed by atoms with Gasteiger partial charge < -0.3 is 15.1 Å². The highest BCUT2D eigenvalue weighted by atomic mass is 17.0. The molecule has 136 valence electrons. The number of aromatic hydroxyl groups is 1. The van der Waals surface area contributed by atoms with Crippen molar-refractivity contribution in [2.45, 2.75) is 57.7 Å². The van der Waals surface area contributed by atoms with E-state index in [1.54, 1.807) is 12.1 Å². The van der Waals surface area contributed by atoms with Crippen LogP contribution in [-0.2, 0) is 11.3 Å². The van der Waals surface area contributed by atoms with Gasteiger partial charge >= 0.3 is 0 Å². The highest BCUT2D eigenvalue weighted by Crippen LogP contribution is 2.62. The Morgan fingerprint density at radius 1 is 1.36 bits per heavy atom. The summed E-state index contributed by atoms with van der Waals surface area (Å²) in [4.78, 5) is 16.3. The highest BCUT2D eigenvalue weighted by molar-refractivity contribution is 5.41. The molecule has 2 saturated carbocycles. The van der Waals surface area contributed by atoms with E-state index in [9.17, 15) is 20.3 Å². The van der Waals surface area contributed by atoms with E-state index in [1.165, 1.54) is 0 Å². The van der Waals surface area contributed by atoms with E-state index >= 15 is 0 Å². The van der Waals surface area contributed by atoms with E-state index < -0.39 is 17.3 Å². The van der Waals surface area contributed by atoms with E-state index in [2.05, 4.69) is 13.8 Å². The first-order valence-corrected chi connectivity index (χ1v) is 9.12. The smallest absolute Gasteiger partial charge is 0.294 e. The lowest BCUT2D eigenvalue weighted by Crippen LogP contribution is -2.53. The summed E-state index contributed by atoms with van der Waals surface area (Å²) >= 11 is 0. The molecule has 2 fully saturated rings. The summed E-state index contributed by atoms with van der Waals surface area (Å²) in [5.41, 5.74) is 1.80. The van der Waals surface area contributed by atoms with Crippen LogP contribution < -0.4 is 0 Å². The molecule has 4 rings (SSSR count). The van der Waals surface area contributed by atoms with Crippen molar-refractivity contribution in [2.75, 3.05) is 0 Å². The summed E-state index contributed by atoms with van der Waals surface area (Å²) in [6.45, 7) is 4.26. The predicted molar refractivity (Wildman–Crippen MR) is 90.5 cm³/mol. The first-order valence-electron chi connectivity index (χ1n) is 9.12. The van der Waals surface area contributed by atoms with Gasteiger partial charge in [-0.05, 0) is 72.1 Å². The molecule has 7 atom stereocenters. The molecule has 3 aliphatic rings. The topological polar surface area (TPSA) is 92.8 Å². The monoisotopic (exact) mass is 347 g/mol. The van der Waals surface area contributed by atoms with E-state index in [0.717, 1.165) is 30.4 Å². The summed E-state index contributed by atoms with van der Waals surface area (Å²) in [6, 6.07) is 5.34. The van der Waals surface area contributed by atoms with Gasteiger partial charge in [0.25, 0.3) is 5.09 Å². The molecule has 6 nitrogen and oxygen atoms in total. The number of phenolic OH excluding ortho intramolecular Hbond substituents is 1. The second kappa shape index (κ2) is 5.59. The first-order chi connectivity index (χ1) is 11.8. The fourth-order valence-corrected chi connectivity index (χ4v) is 6.17. The van der Waals surface area contributed by atoms with E-state index in [-0.39, 0.29) is 23.0 Å². The van der Waals surface area contributed by atoms with E-state index in [4.69, 9.17) is 4.84 Å². The molecule has 0 bridgehead atoms. The Balaban J connectivity index is 1.82. The van der Waals surface area contributed by atoms with Gasteiger partial charge in [0, 0.05) is 5.92 Å². The van der Waals surface area contributed by atoms with Crippen molar-refractivity contribution in [1.82, 2.24) is 0 Å². The van der Waals surface area contributed by atoms with Crippen LogP contribution in [0.15, 0.2) is 18.2 Å². The molecule has 1 aromatic rings. The van der Waals surface area contributed by atoms with Gasteiger partial charge in [-0.3, -0.25) is 0 Å². The normalized spacial score (nSPS) is 42.2. The maximum Gasteiger partial charge on any atom is 0.294 e. The Bertz CT molecular complexity index is 707. The molecule has 2 unspecified atom stereocenters. The van der Waals surface area contributed by atoms with Gasteiger partial charge in [-0.1, -0.05) is 19.9 Å². The molecule has 1 aromatic carbocycles. The van der Waals surface area contributed by atoms with Crippen LogP contribution in [0.1, 0.15) is 50.2 Å². The Hall–Kier alpha value is -1.82. The largest absolute Gasteiger partial charge is 0.508 e. The minimum atomic E-state index is -0.688. The van der Waals surface area contributed by atoms with Gasteiger partial charge in [-0.25, -0.2) is 0 Å². The Kier molecular flexibility index (Phi) is 3.72. The molecule has 0 aromatic heterocycles. The summed E-state index contributed by atoms with van der Waals surface area (Å²) < 4.78 is 0. The molecule has 0 aliphatic heterocycles. The summed E-state index contributed by atoms with van der Waals surface area (Å²) in [7, 11) is 0. The molecule has 0 amide bonds. The molecule has 0 radical (unpaired) electrons. The minimum absolute atomic E-state index is 0.0619. The van der Waals surface area contributed by atoms with E-state index in [1.807, 2.05) is 6.07 Å². The van der Waals surface area contributed by atoms with Gasteiger partial charge in [-0.15, -0.1) is 10.1 Å². The zero-order valence-electron chi connectivity index (χ0n) is 14.6. The number of fused-ring (bicyclic) bond motifs is 5. The van der Waals surface area contributed by atoms with Gasteiger partial charge in [0.1, 0.15) is 11.9 Å². The van der Waals surface area contributed by atoms with Crippen molar-refractivity contribution in [2.24, 2.45) is 23.2 Å². The SMILES string of the molecule is C[C@@H]1Cc2cc(O)ccc2C2[C@@H]1C1CC[C@H](O)[C@@]1(C)C[C@@H]2O[N+](=O)[O-]. The average molecular weight is 347 g/mol. The number of aliphatic hydroxyl groups excluding tert-OH is 1. The maximum atomic E-state index is 11.1. The third kappa shape index (κ3) is 2.41. The minimum Gasteiger partial charge on any atom is -0.508 e. The Morgan fingerprint density at radius 2 is 2.12 bits per heavy atom. The van der Waals surface area contributed by atoms with Crippen molar-refractivity contribution >= 4 is 0 Å². The predicted octanol–water partition coefficient (Wildman–Crippen LogP) is 3.04. The molecule has 6 heteroatoms. The first kappa shape index (κ1) is 16.6. The summed E-state index contributed by atoms with van der Waals surface area (Å²) in [5, 5.41) is 30.9. The van der Waals surface area contributed by atoms with Gasteiger partial charge in [0.15, 0.2) is 0 Å². The Morgan fingerprint density at radius 3 is 2.84 bits per heavy atom. The van der Waals surface area contributed by atoms with Crippen molar-refractivity contribution in [3.8, 4) is 5.75 Å². The number of nitrogens with zero attached hydrogens (tertiary/aromatic N) is 1. The van der Waals surface area contributed by atoms with Crippen LogP contribution in [0.3, 0.4) is 0 Å². The second-order valence-corrected chi connectivity index (χ2v) is 8.44. The molecular weight excluding hydrogens is 322 g/mol. The number of benzene rings is 1. The molecule has 0 saturated heterocycles. The summed E-state index contributed by atoms with van der Waals surface area (Å²) in [5.74, 6) is 1.09. The lowest BCUT2D eigenvalue weighted by atomic mass is 9.52. The summed E-state index contributed by atoms with van der Waals surface area (Å²) in [6.07, 6.45) is 2.07. The van der Waals surface area contributed by atoms with Crippen LogP contribution in [0.2, 0.25) is 0 Å². The quantitative estimate of drug-likeness (QED) is 0.633. The van der Waals surface area contributed by atoms with E-state index in [0.29, 0.717) is 18.3 Å². The number of rotatable bonds is 2. The molecule has 0 spiro atoms. The zero-order valence-corrected chi connectivity index (χ0v) is 14.6. The van der Waals surface area contributed by atoms with Gasteiger partial charge in [0.05, 0.1) is 6.10 Å². The Labute approximate surface area is 146 Å². The number of hydrogen-bond acceptors (Lipinski definition) is 5. The van der Waals surface area contributed by atoms with Crippen molar-refractivity contribution in [1.29, 1.82) is 0 Å². The molecular formula is C19H25NO5. The van der Waals surface area contributed by atoms with Gasteiger partial charge in [-0.2, -0.15) is 0 Å². The highest BCUT2D eigenvalue weighted by Gasteiger charge is 2.60. The lowest BCUT2D eigenvalue weighted by molar-refractivity contribution is -0.771. The number of aliphatic hydroxyl groups is 1. The maximum absolute atomic E-state index is 11.1. The second-order valence-electron chi connectivity index (χ2n) is 8.44.